The topological polar surface area (TPSA) is 70.0 Å². The third-order valence-corrected chi connectivity index (χ3v) is 2.54. The van der Waals surface area contributed by atoms with Crippen molar-refractivity contribution in [2.75, 3.05) is 32.8 Å². The van der Waals surface area contributed by atoms with Gasteiger partial charge in [-0.15, -0.1) is 0 Å². The third-order valence-electron chi connectivity index (χ3n) is 2.54. The predicted octanol–water partition coefficient (Wildman–Crippen LogP) is -0.0656. The quantitative estimate of drug-likeness (QED) is 0.584. The maximum absolute atomic E-state index is 10.3. The summed E-state index contributed by atoms with van der Waals surface area (Å²) < 4.78 is 5.27. The number of ether oxygens (including phenoxy) is 1. The zero-order valence-corrected chi connectivity index (χ0v) is 9.11. The molecule has 0 spiro atoms. The number of aliphatic carboxylic acids is 1. The number of rotatable bonds is 7. The second kappa shape index (κ2) is 5.44. The largest absolute Gasteiger partial charge is 0.480 e. The fourth-order valence-corrected chi connectivity index (χ4v) is 1.83. The lowest BCUT2D eigenvalue weighted by Crippen LogP contribution is -2.61. The Bertz CT molecular complexity index is 213. The highest BCUT2D eigenvalue weighted by Gasteiger charge is 2.39. The van der Waals surface area contributed by atoms with Crippen molar-refractivity contribution in [2.45, 2.75) is 25.4 Å². The number of hydrogen-bond donors (Lipinski definition) is 2. The van der Waals surface area contributed by atoms with Gasteiger partial charge in [0.2, 0.25) is 0 Å². The molecule has 0 aromatic rings. The van der Waals surface area contributed by atoms with Crippen LogP contribution in [0.4, 0.5) is 0 Å². The molecule has 88 valence electrons. The van der Waals surface area contributed by atoms with Crippen molar-refractivity contribution in [3.63, 3.8) is 0 Å². The normalized spacial score (nSPS) is 19.9. The monoisotopic (exact) mass is 217 g/mol. The Morgan fingerprint density at radius 2 is 2.13 bits per heavy atom. The summed E-state index contributed by atoms with van der Waals surface area (Å²) >= 11 is 0. The highest BCUT2D eigenvalue weighted by Crippen LogP contribution is 2.24. The van der Waals surface area contributed by atoms with Crippen LogP contribution in [-0.2, 0) is 9.53 Å². The zero-order valence-electron chi connectivity index (χ0n) is 9.11. The van der Waals surface area contributed by atoms with Gasteiger partial charge in [-0.05, 0) is 26.3 Å². The Labute approximate surface area is 89.6 Å². The van der Waals surface area contributed by atoms with Gasteiger partial charge in [0.25, 0.3) is 0 Å². The molecule has 1 rings (SSSR count). The summed E-state index contributed by atoms with van der Waals surface area (Å²) in [6, 6.07) is 0. The van der Waals surface area contributed by atoms with E-state index in [0.717, 1.165) is 32.5 Å². The molecule has 2 N–H and O–H groups in total. The lowest BCUT2D eigenvalue weighted by Gasteiger charge is -2.47. The molecule has 5 heteroatoms. The minimum absolute atomic E-state index is 0.221. The molecule has 1 saturated heterocycles. The Hall–Kier alpha value is -0.650. The molecule has 1 heterocycles. The van der Waals surface area contributed by atoms with Crippen LogP contribution in [-0.4, -0.2) is 59.5 Å². The third kappa shape index (κ3) is 4.15. The number of hydrogen-bond acceptors (Lipinski definition) is 4. The van der Waals surface area contributed by atoms with Crippen LogP contribution in [0.25, 0.3) is 0 Å². The van der Waals surface area contributed by atoms with E-state index in [2.05, 4.69) is 4.90 Å². The van der Waals surface area contributed by atoms with E-state index in [4.69, 9.17) is 14.9 Å². The lowest BCUT2D eigenvalue weighted by molar-refractivity contribution is -0.164. The Balaban J connectivity index is 2.09. The minimum atomic E-state index is -0.921. The van der Waals surface area contributed by atoms with Gasteiger partial charge in [0, 0.05) is 19.7 Å². The van der Waals surface area contributed by atoms with Gasteiger partial charge in [0.15, 0.2) is 0 Å². The average molecular weight is 217 g/mol. The van der Waals surface area contributed by atoms with Crippen LogP contribution < -0.4 is 0 Å². The first-order chi connectivity index (χ1) is 7.06. The molecule has 0 amide bonds. The number of nitrogens with zero attached hydrogens (tertiary/aromatic N) is 1. The summed E-state index contributed by atoms with van der Waals surface area (Å²) in [7, 11) is 0. The predicted molar refractivity (Wildman–Crippen MR) is 54.8 cm³/mol. The molecule has 0 saturated carbocycles. The summed E-state index contributed by atoms with van der Waals surface area (Å²) in [5.74, 6) is -0.921. The van der Waals surface area contributed by atoms with Crippen LogP contribution in [0.15, 0.2) is 0 Å². The molecular weight excluding hydrogens is 198 g/mol. The number of aliphatic hydroxyl groups is 1. The average Bonchev–Trinajstić information content (AvgIpc) is 2.12. The standard InChI is InChI=1S/C10H19NO4/c1-10(15-6-9(13)14)7-11(8-10)4-2-3-5-12/h12H,2-8H2,1H3,(H,13,14). The number of aliphatic hydroxyl groups excluding tert-OH is 1. The molecule has 0 bridgehead atoms. The summed E-state index contributed by atoms with van der Waals surface area (Å²) in [6.45, 7) is 4.46. The van der Waals surface area contributed by atoms with E-state index in [1.165, 1.54) is 0 Å². The van der Waals surface area contributed by atoms with E-state index >= 15 is 0 Å². The van der Waals surface area contributed by atoms with Crippen LogP contribution in [0.5, 0.6) is 0 Å². The Kier molecular flexibility index (Phi) is 4.50. The summed E-state index contributed by atoms with van der Waals surface area (Å²) in [4.78, 5) is 12.5. The number of carboxylic acids is 1. The number of carbonyl (C=O) groups is 1. The first kappa shape index (κ1) is 12.4. The van der Waals surface area contributed by atoms with Gasteiger partial charge in [-0.1, -0.05) is 0 Å². The van der Waals surface area contributed by atoms with Crippen LogP contribution in [0, 0.1) is 0 Å². The van der Waals surface area contributed by atoms with Crippen molar-refractivity contribution in [3.8, 4) is 0 Å². The van der Waals surface area contributed by atoms with Gasteiger partial charge in [0.1, 0.15) is 6.61 Å². The van der Waals surface area contributed by atoms with Gasteiger partial charge in [-0.2, -0.15) is 0 Å². The van der Waals surface area contributed by atoms with Crippen LogP contribution >= 0.6 is 0 Å². The maximum atomic E-state index is 10.3. The van der Waals surface area contributed by atoms with Crippen molar-refractivity contribution >= 4 is 5.97 Å². The van der Waals surface area contributed by atoms with Crippen molar-refractivity contribution < 1.29 is 19.7 Å². The van der Waals surface area contributed by atoms with E-state index in [1.807, 2.05) is 6.92 Å². The molecule has 1 aliphatic heterocycles. The van der Waals surface area contributed by atoms with Crippen molar-refractivity contribution in [2.24, 2.45) is 0 Å². The molecule has 0 aromatic heterocycles. The fourth-order valence-electron chi connectivity index (χ4n) is 1.83. The van der Waals surface area contributed by atoms with Crippen molar-refractivity contribution in [1.29, 1.82) is 0 Å². The molecule has 0 radical (unpaired) electrons. The second-order valence-electron chi connectivity index (χ2n) is 4.27. The fraction of sp³-hybridized carbons (Fsp3) is 0.900. The molecule has 1 aliphatic rings. The molecule has 0 aliphatic carbocycles. The molecule has 0 unspecified atom stereocenters. The number of likely N-dealkylation sites (tertiary alicyclic amines) is 1. The first-order valence-corrected chi connectivity index (χ1v) is 5.25. The van der Waals surface area contributed by atoms with E-state index in [1.54, 1.807) is 0 Å². The van der Waals surface area contributed by atoms with Crippen LogP contribution in [0.1, 0.15) is 19.8 Å². The maximum Gasteiger partial charge on any atom is 0.329 e. The Morgan fingerprint density at radius 3 is 2.67 bits per heavy atom. The highest BCUT2D eigenvalue weighted by molar-refractivity contribution is 5.68. The van der Waals surface area contributed by atoms with E-state index in [0.29, 0.717) is 0 Å². The summed E-state index contributed by atoms with van der Waals surface area (Å²) in [5, 5.41) is 17.1. The molecule has 5 nitrogen and oxygen atoms in total. The molecule has 1 fully saturated rings. The van der Waals surface area contributed by atoms with Gasteiger partial charge < -0.3 is 14.9 Å². The molecule has 0 aromatic carbocycles. The molecule has 15 heavy (non-hydrogen) atoms. The van der Waals surface area contributed by atoms with Crippen LogP contribution in [0.3, 0.4) is 0 Å². The summed E-state index contributed by atoms with van der Waals surface area (Å²) in [6.07, 6.45) is 1.80. The highest BCUT2D eigenvalue weighted by atomic mass is 16.5. The molecule has 0 atom stereocenters. The van der Waals surface area contributed by atoms with Gasteiger partial charge in [-0.25, -0.2) is 4.79 Å². The van der Waals surface area contributed by atoms with Crippen molar-refractivity contribution in [3.05, 3.63) is 0 Å². The lowest BCUT2D eigenvalue weighted by atomic mass is 9.96. The second-order valence-corrected chi connectivity index (χ2v) is 4.27. The van der Waals surface area contributed by atoms with Gasteiger partial charge >= 0.3 is 5.97 Å². The zero-order chi connectivity index (χ0) is 11.3. The SMILES string of the molecule is CC1(OCC(=O)O)CN(CCCCO)C1. The van der Waals surface area contributed by atoms with Gasteiger partial charge in [-0.3, -0.25) is 4.90 Å². The van der Waals surface area contributed by atoms with E-state index in [-0.39, 0.29) is 18.8 Å². The summed E-state index contributed by atoms with van der Waals surface area (Å²) in [5.41, 5.74) is -0.294. The van der Waals surface area contributed by atoms with E-state index in [9.17, 15) is 4.79 Å². The van der Waals surface area contributed by atoms with Crippen molar-refractivity contribution in [1.82, 2.24) is 4.90 Å². The Morgan fingerprint density at radius 1 is 1.47 bits per heavy atom. The molecular formula is C10H19NO4. The van der Waals surface area contributed by atoms with Gasteiger partial charge in [0.05, 0.1) is 5.60 Å². The van der Waals surface area contributed by atoms with E-state index < -0.39 is 5.97 Å². The number of carboxylic acid groups (broad SMARTS) is 1. The number of unbranched alkanes of at least 4 members (excludes halogenated alkanes) is 1. The first-order valence-electron chi connectivity index (χ1n) is 5.25. The minimum Gasteiger partial charge on any atom is -0.480 e. The smallest absolute Gasteiger partial charge is 0.329 e. The van der Waals surface area contributed by atoms with Crippen LogP contribution in [0.2, 0.25) is 0 Å².